The van der Waals surface area contributed by atoms with Crippen LogP contribution in [-0.4, -0.2) is 35.1 Å². The molecule has 0 spiro atoms. The minimum absolute atomic E-state index is 0.324. The van der Waals surface area contributed by atoms with E-state index in [0.717, 1.165) is 0 Å². The van der Waals surface area contributed by atoms with Gasteiger partial charge >= 0.3 is 0 Å². The molecular formula is C8H12N6O. The summed E-state index contributed by atoms with van der Waals surface area (Å²) in [6, 6.07) is 1.76. The molecule has 0 bridgehead atoms. The summed E-state index contributed by atoms with van der Waals surface area (Å²) in [6.45, 7) is 0. The van der Waals surface area contributed by atoms with Crippen molar-refractivity contribution in [3.63, 3.8) is 0 Å². The highest BCUT2D eigenvalue weighted by Gasteiger charge is 2.14. The van der Waals surface area contributed by atoms with Crippen LogP contribution in [0.25, 0.3) is 0 Å². The Morgan fingerprint density at radius 3 is 2.73 bits per heavy atom. The van der Waals surface area contributed by atoms with Crippen molar-refractivity contribution in [2.45, 2.75) is 12.5 Å². The SMILES string of the molecule is Cn1ccc(C(O)Cc2nnn(C)n2)n1. The van der Waals surface area contributed by atoms with Crippen molar-refractivity contribution in [3.8, 4) is 0 Å². The molecule has 0 aliphatic carbocycles. The first-order valence-corrected chi connectivity index (χ1v) is 4.55. The summed E-state index contributed by atoms with van der Waals surface area (Å²) >= 11 is 0. The van der Waals surface area contributed by atoms with Gasteiger partial charge in [-0.3, -0.25) is 4.68 Å². The van der Waals surface area contributed by atoms with E-state index in [2.05, 4.69) is 20.5 Å². The molecule has 2 aromatic rings. The minimum Gasteiger partial charge on any atom is -0.386 e. The van der Waals surface area contributed by atoms with Crippen molar-refractivity contribution in [2.24, 2.45) is 14.1 Å². The molecule has 80 valence electrons. The molecule has 1 unspecified atom stereocenters. The Hall–Kier alpha value is -1.76. The van der Waals surface area contributed by atoms with Crippen molar-refractivity contribution in [1.82, 2.24) is 30.0 Å². The number of rotatable bonds is 3. The Kier molecular flexibility index (Phi) is 2.46. The maximum atomic E-state index is 9.80. The zero-order valence-electron chi connectivity index (χ0n) is 8.57. The quantitative estimate of drug-likeness (QED) is 0.715. The molecule has 0 fully saturated rings. The second-order valence-electron chi connectivity index (χ2n) is 3.33. The summed E-state index contributed by atoms with van der Waals surface area (Å²) in [4.78, 5) is 1.36. The molecule has 15 heavy (non-hydrogen) atoms. The van der Waals surface area contributed by atoms with Crippen LogP contribution in [0, 0.1) is 0 Å². The molecule has 7 heteroatoms. The first-order valence-electron chi connectivity index (χ1n) is 4.55. The summed E-state index contributed by atoms with van der Waals surface area (Å²) in [7, 11) is 3.49. The van der Waals surface area contributed by atoms with Gasteiger partial charge in [0.2, 0.25) is 0 Å². The fourth-order valence-corrected chi connectivity index (χ4v) is 1.29. The van der Waals surface area contributed by atoms with Crippen LogP contribution in [-0.2, 0) is 20.5 Å². The van der Waals surface area contributed by atoms with Gasteiger partial charge in [0.05, 0.1) is 12.7 Å². The Balaban J connectivity index is 2.06. The Labute approximate surface area is 86.3 Å². The molecule has 2 rings (SSSR count). The average Bonchev–Trinajstić information content (AvgIpc) is 2.75. The van der Waals surface area contributed by atoms with Crippen molar-refractivity contribution in [1.29, 1.82) is 0 Å². The highest BCUT2D eigenvalue weighted by molar-refractivity contribution is 5.04. The molecule has 0 aliphatic heterocycles. The molecule has 2 aromatic heterocycles. The van der Waals surface area contributed by atoms with E-state index in [1.807, 2.05) is 0 Å². The van der Waals surface area contributed by atoms with Crippen LogP contribution >= 0.6 is 0 Å². The van der Waals surface area contributed by atoms with E-state index in [4.69, 9.17) is 0 Å². The largest absolute Gasteiger partial charge is 0.386 e. The lowest BCUT2D eigenvalue weighted by Gasteiger charge is -2.03. The highest BCUT2D eigenvalue weighted by Crippen LogP contribution is 2.13. The van der Waals surface area contributed by atoms with Crippen LogP contribution in [0.1, 0.15) is 17.6 Å². The third-order valence-electron chi connectivity index (χ3n) is 2.00. The van der Waals surface area contributed by atoms with E-state index in [1.165, 1.54) is 4.80 Å². The third-order valence-corrected chi connectivity index (χ3v) is 2.00. The maximum Gasteiger partial charge on any atom is 0.177 e. The molecule has 0 amide bonds. The van der Waals surface area contributed by atoms with Crippen LogP contribution in [0.15, 0.2) is 12.3 Å². The molecule has 0 saturated heterocycles. The molecular weight excluding hydrogens is 196 g/mol. The van der Waals surface area contributed by atoms with Gasteiger partial charge in [0.1, 0.15) is 6.10 Å². The first-order chi connectivity index (χ1) is 7.15. The van der Waals surface area contributed by atoms with Crippen LogP contribution in [0.5, 0.6) is 0 Å². The van der Waals surface area contributed by atoms with E-state index in [0.29, 0.717) is 17.9 Å². The molecule has 0 radical (unpaired) electrons. The first kappa shape index (κ1) is 9.78. The molecule has 7 nitrogen and oxygen atoms in total. The number of aromatic nitrogens is 6. The van der Waals surface area contributed by atoms with Gasteiger partial charge in [0, 0.05) is 19.7 Å². The predicted octanol–water partition coefficient (Wildman–Crippen LogP) is -0.780. The maximum absolute atomic E-state index is 9.80. The summed E-state index contributed by atoms with van der Waals surface area (Å²) in [5.74, 6) is 0.510. The topological polar surface area (TPSA) is 81.6 Å². The number of aryl methyl sites for hydroxylation is 2. The van der Waals surface area contributed by atoms with Gasteiger partial charge in [0.25, 0.3) is 0 Å². The lowest BCUT2D eigenvalue weighted by molar-refractivity contribution is 0.170. The van der Waals surface area contributed by atoms with Crippen molar-refractivity contribution >= 4 is 0 Å². The lowest BCUT2D eigenvalue weighted by Crippen LogP contribution is -2.05. The average molecular weight is 208 g/mol. The molecule has 0 aliphatic rings. The van der Waals surface area contributed by atoms with Crippen LogP contribution in [0.4, 0.5) is 0 Å². The fraction of sp³-hybridized carbons (Fsp3) is 0.500. The number of hydrogen-bond acceptors (Lipinski definition) is 5. The summed E-state index contributed by atoms with van der Waals surface area (Å²) in [6.07, 6.45) is 1.42. The van der Waals surface area contributed by atoms with Gasteiger partial charge in [-0.1, -0.05) is 0 Å². The molecule has 0 aromatic carbocycles. The monoisotopic (exact) mass is 208 g/mol. The molecule has 2 heterocycles. The van der Waals surface area contributed by atoms with Crippen LogP contribution < -0.4 is 0 Å². The van der Waals surface area contributed by atoms with Crippen LogP contribution in [0.3, 0.4) is 0 Å². The van der Waals surface area contributed by atoms with Gasteiger partial charge in [-0.25, -0.2) is 0 Å². The van der Waals surface area contributed by atoms with Crippen molar-refractivity contribution < 1.29 is 5.11 Å². The summed E-state index contributed by atoms with van der Waals surface area (Å²) in [5, 5.41) is 25.4. The third kappa shape index (κ3) is 2.18. The standard InChI is InChI=1S/C8H12N6O/c1-13-4-3-6(10-13)7(15)5-8-9-12-14(2)11-8/h3-4,7,15H,5H2,1-2H3. The zero-order valence-corrected chi connectivity index (χ0v) is 8.57. The number of nitrogens with zero attached hydrogens (tertiary/aromatic N) is 6. The van der Waals surface area contributed by atoms with Crippen molar-refractivity contribution in [2.75, 3.05) is 0 Å². The van der Waals surface area contributed by atoms with Crippen LogP contribution in [0.2, 0.25) is 0 Å². The minimum atomic E-state index is -0.685. The van der Waals surface area contributed by atoms with E-state index >= 15 is 0 Å². The second-order valence-corrected chi connectivity index (χ2v) is 3.33. The van der Waals surface area contributed by atoms with E-state index in [9.17, 15) is 5.11 Å². The van der Waals surface area contributed by atoms with Gasteiger partial charge in [-0.05, 0) is 11.3 Å². The lowest BCUT2D eigenvalue weighted by atomic mass is 10.2. The van der Waals surface area contributed by atoms with Gasteiger partial charge in [0.15, 0.2) is 5.82 Å². The number of aliphatic hydroxyl groups is 1. The normalized spacial score (nSPS) is 13.0. The molecule has 1 N–H and O–H groups in total. The number of hydrogen-bond donors (Lipinski definition) is 1. The Bertz CT molecular complexity index is 447. The number of aliphatic hydroxyl groups excluding tert-OH is 1. The van der Waals surface area contributed by atoms with E-state index in [1.54, 1.807) is 31.0 Å². The number of tetrazole rings is 1. The predicted molar refractivity (Wildman–Crippen MR) is 50.7 cm³/mol. The zero-order chi connectivity index (χ0) is 10.8. The smallest absolute Gasteiger partial charge is 0.177 e. The van der Waals surface area contributed by atoms with Gasteiger partial charge in [-0.15, -0.1) is 10.2 Å². The van der Waals surface area contributed by atoms with Crippen molar-refractivity contribution in [3.05, 3.63) is 23.8 Å². The fourth-order valence-electron chi connectivity index (χ4n) is 1.29. The van der Waals surface area contributed by atoms with E-state index < -0.39 is 6.10 Å². The summed E-state index contributed by atoms with van der Waals surface area (Å²) < 4.78 is 1.64. The second kappa shape index (κ2) is 3.77. The van der Waals surface area contributed by atoms with Gasteiger partial charge in [-0.2, -0.15) is 9.90 Å². The Morgan fingerprint density at radius 2 is 2.20 bits per heavy atom. The highest BCUT2D eigenvalue weighted by atomic mass is 16.3. The summed E-state index contributed by atoms with van der Waals surface area (Å²) in [5.41, 5.74) is 0.616. The molecule has 1 atom stereocenters. The molecule has 0 saturated carbocycles. The van der Waals surface area contributed by atoms with Gasteiger partial charge < -0.3 is 5.11 Å². The van der Waals surface area contributed by atoms with E-state index in [-0.39, 0.29) is 0 Å². The Morgan fingerprint density at radius 1 is 1.40 bits per heavy atom.